The zero-order chi connectivity index (χ0) is 39.0. The van der Waals surface area contributed by atoms with Crippen LogP contribution in [0.3, 0.4) is 0 Å². The van der Waals surface area contributed by atoms with Crippen molar-refractivity contribution in [3.05, 3.63) is 218 Å². The first-order valence-corrected chi connectivity index (χ1v) is 20.4. The summed E-state index contributed by atoms with van der Waals surface area (Å²) in [6.07, 6.45) is 0. The fraction of sp³-hybridized carbons (Fsp3) is 0.0175. The molecular weight excluding hydrogens is 713 g/mol. The molecule has 0 atom stereocenters. The van der Waals surface area contributed by atoms with Crippen molar-refractivity contribution in [3.8, 4) is 44.8 Å². The first-order valence-electron chi connectivity index (χ1n) is 20.4. The Labute approximate surface area is 342 Å². The van der Waals surface area contributed by atoms with E-state index in [1.54, 1.807) is 0 Å². The van der Waals surface area contributed by atoms with Gasteiger partial charge < -0.3 is 9.13 Å². The van der Waals surface area contributed by atoms with E-state index in [9.17, 15) is 0 Å². The van der Waals surface area contributed by atoms with Gasteiger partial charge in [0.1, 0.15) is 0 Å². The lowest BCUT2D eigenvalue weighted by molar-refractivity contribution is 1.18. The van der Waals surface area contributed by atoms with E-state index in [2.05, 4.69) is 228 Å². The summed E-state index contributed by atoms with van der Waals surface area (Å²) in [6.45, 7) is 2.19. The minimum Gasteiger partial charge on any atom is -0.309 e. The van der Waals surface area contributed by atoms with Gasteiger partial charge in [0, 0.05) is 32.9 Å². The Kier molecular flexibility index (Phi) is 7.48. The van der Waals surface area contributed by atoms with Crippen LogP contribution in [-0.2, 0) is 0 Å². The topological polar surface area (TPSA) is 9.86 Å². The fourth-order valence-corrected chi connectivity index (χ4v) is 9.73. The average Bonchev–Trinajstić information content (AvgIpc) is 3.80. The van der Waals surface area contributed by atoms with Crippen molar-refractivity contribution in [1.82, 2.24) is 9.13 Å². The molecule has 0 amide bonds. The van der Waals surface area contributed by atoms with Crippen molar-refractivity contribution in [2.24, 2.45) is 0 Å². The Morgan fingerprint density at radius 1 is 0.254 bits per heavy atom. The fourth-order valence-electron chi connectivity index (χ4n) is 9.73. The van der Waals surface area contributed by atoms with Crippen LogP contribution in [0, 0.1) is 6.92 Å². The standard InChI is InChI=1S/C57H38N2/c1-37-24-31-45-46-32-27-41(40-28-33-53-51(35-40)44-18-12-13-23-52(44)58(53)42-16-6-3-7-17-42)36-55(46)59(54(45)34-37)43-29-25-39(26-30-43)57-49-21-10-8-19-47(49)56(38-14-4-2-5-15-38)48-20-9-11-22-50(48)57/h2-36H,1H3. The van der Waals surface area contributed by atoms with Crippen LogP contribution in [0.2, 0.25) is 0 Å². The number of hydrogen-bond acceptors (Lipinski definition) is 0. The second kappa shape index (κ2) is 13.2. The third-order valence-electron chi connectivity index (χ3n) is 12.4. The van der Waals surface area contributed by atoms with Gasteiger partial charge in [0.15, 0.2) is 0 Å². The van der Waals surface area contributed by atoms with Gasteiger partial charge in [0.2, 0.25) is 0 Å². The van der Waals surface area contributed by atoms with Crippen LogP contribution in [0.4, 0.5) is 0 Å². The molecule has 0 N–H and O–H groups in total. The maximum Gasteiger partial charge on any atom is 0.0547 e. The van der Waals surface area contributed by atoms with E-state index >= 15 is 0 Å². The highest BCUT2D eigenvalue weighted by atomic mass is 15.0. The van der Waals surface area contributed by atoms with Crippen molar-refractivity contribution in [1.29, 1.82) is 0 Å². The van der Waals surface area contributed by atoms with Gasteiger partial charge in [-0.15, -0.1) is 0 Å². The number of para-hydroxylation sites is 2. The molecule has 0 radical (unpaired) electrons. The molecule has 12 aromatic rings. The minimum atomic E-state index is 1.15. The summed E-state index contributed by atoms with van der Waals surface area (Å²) in [7, 11) is 0. The van der Waals surface area contributed by atoms with Gasteiger partial charge in [-0.1, -0.05) is 158 Å². The lowest BCUT2D eigenvalue weighted by atomic mass is 9.86. The lowest BCUT2D eigenvalue weighted by Gasteiger charge is -2.18. The van der Waals surface area contributed by atoms with Crippen LogP contribution in [0.15, 0.2) is 212 Å². The van der Waals surface area contributed by atoms with E-state index in [-0.39, 0.29) is 0 Å². The van der Waals surface area contributed by atoms with Crippen LogP contribution in [0.5, 0.6) is 0 Å². The number of fused-ring (bicyclic) bond motifs is 8. The van der Waals surface area contributed by atoms with Crippen molar-refractivity contribution in [3.63, 3.8) is 0 Å². The third-order valence-corrected chi connectivity index (χ3v) is 12.4. The highest BCUT2D eigenvalue weighted by Gasteiger charge is 2.19. The van der Waals surface area contributed by atoms with Gasteiger partial charge >= 0.3 is 0 Å². The number of rotatable bonds is 5. The van der Waals surface area contributed by atoms with Crippen molar-refractivity contribution < 1.29 is 0 Å². The number of benzene rings is 10. The molecule has 0 unspecified atom stereocenters. The van der Waals surface area contributed by atoms with Crippen molar-refractivity contribution in [2.45, 2.75) is 6.92 Å². The van der Waals surface area contributed by atoms with Crippen LogP contribution >= 0.6 is 0 Å². The second-order valence-electron chi connectivity index (χ2n) is 15.8. The van der Waals surface area contributed by atoms with Gasteiger partial charge in [0.05, 0.1) is 22.1 Å². The number of nitrogens with zero attached hydrogens (tertiary/aromatic N) is 2. The number of aromatic nitrogens is 2. The van der Waals surface area contributed by atoms with Crippen LogP contribution in [-0.4, -0.2) is 9.13 Å². The van der Waals surface area contributed by atoms with Gasteiger partial charge in [-0.2, -0.15) is 0 Å². The van der Waals surface area contributed by atoms with E-state index in [1.807, 2.05) is 0 Å². The molecule has 2 heteroatoms. The molecule has 0 aliphatic rings. The molecule has 2 heterocycles. The highest BCUT2D eigenvalue weighted by molar-refractivity contribution is 6.21. The SMILES string of the molecule is Cc1ccc2c3ccc(-c4ccc5c(c4)c4ccccc4n5-c4ccccc4)cc3n(-c3ccc(-c4c5ccccc5c(-c5ccccc5)c5ccccc45)cc3)c2c1. The maximum atomic E-state index is 2.46. The van der Waals surface area contributed by atoms with Gasteiger partial charge in [-0.25, -0.2) is 0 Å². The van der Waals surface area contributed by atoms with E-state index in [0.717, 1.165) is 5.69 Å². The molecule has 0 spiro atoms. The summed E-state index contributed by atoms with van der Waals surface area (Å²) in [4.78, 5) is 0. The normalized spacial score (nSPS) is 11.8. The Morgan fingerprint density at radius 3 is 1.34 bits per heavy atom. The molecule has 2 aromatic heterocycles. The molecule has 0 saturated heterocycles. The number of hydrogen-bond donors (Lipinski definition) is 0. The van der Waals surface area contributed by atoms with Gasteiger partial charge in [-0.3, -0.25) is 0 Å². The largest absolute Gasteiger partial charge is 0.309 e. The molecule has 10 aromatic carbocycles. The maximum absolute atomic E-state index is 2.46. The number of aryl methyl sites for hydroxylation is 1. The molecule has 0 aliphatic heterocycles. The van der Waals surface area contributed by atoms with Gasteiger partial charge in [-0.05, 0) is 122 Å². The predicted molar refractivity (Wildman–Crippen MR) is 251 cm³/mol. The summed E-state index contributed by atoms with van der Waals surface area (Å²) in [5.74, 6) is 0. The van der Waals surface area contributed by atoms with Crippen LogP contribution < -0.4 is 0 Å². The summed E-state index contributed by atoms with van der Waals surface area (Å²) in [5.41, 5.74) is 15.8. The molecule has 0 fully saturated rings. The van der Waals surface area contributed by atoms with Crippen molar-refractivity contribution >= 4 is 65.2 Å². The van der Waals surface area contributed by atoms with Crippen LogP contribution in [0.1, 0.15) is 5.56 Å². The van der Waals surface area contributed by atoms with E-state index in [0.29, 0.717) is 0 Å². The molecule has 0 saturated carbocycles. The van der Waals surface area contributed by atoms with E-state index < -0.39 is 0 Å². The van der Waals surface area contributed by atoms with Gasteiger partial charge in [0.25, 0.3) is 0 Å². The zero-order valence-corrected chi connectivity index (χ0v) is 32.6. The summed E-state index contributed by atoms with van der Waals surface area (Å²) >= 11 is 0. The molecular formula is C57H38N2. The highest BCUT2D eigenvalue weighted by Crippen LogP contribution is 2.44. The summed E-state index contributed by atoms with van der Waals surface area (Å²) < 4.78 is 4.84. The molecule has 0 aliphatic carbocycles. The monoisotopic (exact) mass is 750 g/mol. The molecule has 276 valence electrons. The smallest absolute Gasteiger partial charge is 0.0547 e. The Bertz CT molecular complexity index is 3530. The first kappa shape index (κ1) is 33.5. The first-order chi connectivity index (χ1) is 29.2. The third kappa shape index (κ3) is 5.20. The minimum absolute atomic E-state index is 1.15. The summed E-state index contributed by atoms with van der Waals surface area (Å²) in [6, 6.07) is 78.1. The lowest BCUT2D eigenvalue weighted by Crippen LogP contribution is -1.95. The van der Waals surface area contributed by atoms with Crippen LogP contribution in [0.25, 0.3) is 110 Å². The zero-order valence-electron chi connectivity index (χ0n) is 32.6. The summed E-state index contributed by atoms with van der Waals surface area (Å²) in [5, 5.41) is 10.1. The quantitative estimate of drug-likeness (QED) is 0.155. The Balaban J connectivity index is 1.03. The second-order valence-corrected chi connectivity index (χ2v) is 15.8. The molecule has 0 bridgehead atoms. The molecule has 59 heavy (non-hydrogen) atoms. The van der Waals surface area contributed by atoms with E-state index in [4.69, 9.17) is 0 Å². The predicted octanol–water partition coefficient (Wildman–Crippen LogP) is 15.5. The Morgan fingerprint density at radius 2 is 0.678 bits per heavy atom. The van der Waals surface area contributed by atoms with Crippen molar-refractivity contribution in [2.75, 3.05) is 0 Å². The van der Waals surface area contributed by atoms with E-state index in [1.165, 1.54) is 110 Å². The average molecular weight is 751 g/mol. The molecule has 2 nitrogen and oxygen atoms in total. The Hall–Kier alpha value is -7.68. The molecule has 12 rings (SSSR count).